The van der Waals surface area contributed by atoms with Gasteiger partial charge in [-0.25, -0.2) is 9.59 Å². The van der Waals surface area contributed by atoms with Gasteiger partial charge in [0.25, 0.3) is 0 Å². The van der Waals surface area contributed by atoms with Crippen LogP contribution in [0.2, 0.25) is 0 Å². The molecule has 1 aliphatic rings. The third kappa shape index (κ3) is 2.87. The van der Waals surface area contributed by atoms with Gasteiger partial charge in [-0.05, 0) is 6.07 Å². The van der Waals surface area contributed by atoms with E-state index in [1.165, 1.54) is 22.3 Å². The third-order valence-electron chi connectivity index (χ3n) is 3.14. The first-order valence-corrected chi connectivity index (χ1v) is 5.92. The number of nitrogens with zero attached hydrogens (tertiary/aromatic N) is 2. The van der Waals surface area contributed by atoms with Gasteiger partial charge in [0.2, 0.25) is 0 Å². The van der Waals surface area contributed by atoms with Crippen molar-refractivity contribution in [2.75, 3.05) is 13.6 Å². The summed E-state index contributed by atoms with van der Waals surface area (Å²) in [5.74, 6) is -1.10. The molecule has 2 heterocycles. The molecule has 2 rings (SSSR count). The number of aliphatic hydroxyl groups is 1. The fraction of sp³-hybridized carbons (Fsp3) is 0.500. The number of aliphatic hydroxyl groups excluding tert-OH is 1. The predicted octanol–water partition coefficient (Wildman–Crippen LogP) is 0.351. The summed E-state index contributed by atoms with van der Waals surface area (Å²) < 4.78 is 4.91. The maximum absolute atomic E-state index is 12.2. The number of rotatable bonds is 3. The fourth-order valence-electron chi connectivity index (χ4n) is 2.20. The first-order chi connectivity index (χ1) is 8.99. The van der Waals surface area contributed by atoms with Crippen LogP contribution in [0.25, 0.3) is 0 Å². The van der Waals surface area contributed by atoms with E-state index < -0.39 is 24.1 Å². The number of likely N-dealkylation sites (tertiary alicyclic amines) is 1. The SMILES string of the molecule is CN(Cc1ccoc1)C(=O)N1CC(O)CC1C(=O)O. The van der Waals surface area contributed by atoms with Gasteiger partial charge in [-0.1, -0.05) is 0 Å². The zero-order valence-electron chi connectivity index (χ0n) is 10.5. The normalized spacial score (nSPS) is 22.5. The summed E-state index contributed by atoms with van der Waals surface area (Å²) in [6.45, 7) is 0.375. The van der Waals surface area contributed by atoms with Crippen molar-refractivity contribution in [2.24, 2.45) is 0 Å². The molecule has 0 aromatic carbocycles. The molecule has 2 unspecified atom stereocenters. The van der Waals surface area contributed by atoms with Crippen molar-refractivity contribution in [3.63, 3.8) is 0 Å². The van der Waals surface area contributed by atoms with Crippen LogP contribution in [0.3, 0.4) is 0 Å². The van der Waals surface area contributed by atoms with Crippen LogP contribution in [0.5, 0.6) is 0 Å². The number of hydrogen-bond donors (Lipinski definition) is 2. The number of amides is 2. The average Bonchev–Trinajstić information content (AvgIpc) is 2.97. The minimum atomic E-state index is -1.10. The number of hydrogen-bond acceptors (Lipinski definition) is 4. The van der Waals surface area contributed by atoms with Gasteiger partial charge in [0, 0.05) is 25.6 Å². The van der Waals surface area contributed by atoms with Gasteiger partial charge in [-0.3, -0.25) is 0 Å². The van der Waals surface area contributed by atoms with Crippen molar-refractivity contribution < 1.29 is 24.2 Å². The number of carbonyl (C=O) groups excluding carboxylic acids is 1. The van der Waals surface area contributed by atoms with Crippen LogP contribution in [0, 0.1) is 0 Å². The van der Waals surface area contributed by atoms with Gasteiger partial charge in [0.1, 0.15) is 6.04 Å². The number of carbonyl (C=O) groups is 2. The monoisotopic (exact) mass is 268 g/mol. The molecule has 1 aliphatic heterocycles. The second kappa shape index (κ2) is 5.31. The zero-order valence-corrected chi connectivity index (χ0v) is 10.5. The molecule has 1 fully saturated rings. The van der Waals surface area contributed by atoms with Crippen molar-refractivity contribution in [1.29, 1.82) is 0 Å². The number of furan rings is 1. The Morgan fingerprint density at radius 1 is 1.58 bits per heavy atom. The second-order valence-corrected chi connectivity index (χ2v) is 4.67. The molecule has 2 atom stereocenters. The van der Waals surface area contributed by atoms with E-state index in [1.54, 1.807) is 13.1 Å². The molecule has 2 amide bonds. The second-order valence-electron chi connectivity index (χ2n) is 4.67. The maximum Gasteiger partial charge on any atom is 0.326 e. The highest BCUT2D eigenvalue weighted by Crippen LogP contribution is 2.20. The van der Waals surface area contributed by atoms with Crippen molar-refractivity contribution in [1.82, 2.24) is 9.80 Å². The summed E-state index contributed by atoms with van der Waals surface area (Å²) in [4.78, 5) is 25.8. The van der Waals surface area contributed by atoms with Crippen molar-refractivity contribution in [3.05, 3.63) is 24.2 Å². The lowest BCUT2D eigenvalue weighted by Gasteiger charge is -2.27. The standard InChI is InChI=1S/C12H16N2O5/c1-13(5-8-2-3-19-7-8)12(18)14-6-9(15)4-10(14)11(16)17/h2-3,7,9-10,15H,4-6H2,1H3,(H,16,17). The largest absolute Gasteiger partial charge is 0.480 e. The molecule has 104 valence electrons. The highest BCUT2D eigenvalue weighted by molar-refractivity contribution is 5.83. The van der Waals surface area contributed by atoms with Crippen molar-refractivity contribution in [3.8, 4) is 0 Å². The topological polar surface area (TPSA) is 94.2 Å². The van der Waals surface area contributed by atoms with Gasteiger partial charge in [0.15, 0.2) is 0 Å². The average molecular weight is 268 g/mol. The lowest BCUT2D eigenvalue weighted by atomic mass is 10.2. The molecule has 7 heteroatoms. The van der Waals surface area contributed by atoms with Gasteiger partial charge >= 0.3 is 12.0 Å². The Morgan fingerprint density at radius 2 is 2.32 bits per heavy atom. The molecule has 19 heavy (non-hydrogen) atoms. The first kappa shape index (κ1) is 13.4. The van der Waals surface area contributed by atoms with Gasteiger partial charge in [0.05, 0.1) is 25.2 Å². The quantitative estimate of drug-likeness (QED) is 0.825. The smallest absolute Gasteiger partial charge is 0.326 e. The molecule has 0 radical (unpaired) electrons. The molecule has 1 saturated heterocycles. The molecule has 7 nitrogen and oxygen atoms in total. The Hall–Kier alpha value is -2.02. The summed E-state index contributed by atoms with van der Waals surface area (Å²) in [5, 5.41) is 18.6. The van der Waals surface area contributed by atoms with E-state index in [9.17, 15) is 14.7 Å². The van der Waals surface area contributed by atoms with Crippen LogP contribution in [0.1, 0.15) is 12.0 Å². The minimum Gasteiger partial charge on any atom is -0.480 e. The molecule has 0 spiro atoms. The number of carboxylic acid groups (broad SMARTS) is 1. The molecule has 0 saturated carbocycles. The van der Waals surface area contributed by atoms with E-state index in [1.807, 2.05) is 0 Å². The Labute approximate surface area is 110 Å². The lowest BCUT2D eigenvalue weighted by molar-refractivity contribution is -0.141. The molecule has 0 aliphatic carbocycles. The predicted molar refractivity (Wildman–Crippen MR) is 64.3 cm³/mol. The van der Waals surface area contributed by atoms with E-state index in [2.05, 4.69) is 0 Å². The third-order valence-corrected chi connectivity index (χ3v) is 3.14. The summed E-state index contributed by atoms with van der Waals surface area (Å²) >= 11 is 0. The highest BCUT2D eigenvalue weighted by atomic mass is 16.4. The van der Waals surface area contributed by atoms with Crippen molar-refractivity contribution in [2.45, 2.75) is 25.1 Å². The van der Waals surface area contributed by atoms with Crippen LogP contribution in [0.4, 0.5) is 4.79 Å². The molecule has 1 aromatic heterocycles. The Morgan fingerprint density at radius 3 is 2.89 bits per heavy atom. The van der Waals surface area contributed by atoms with E-state index in [4.69, 9.17) is 9.52 Å². The van der Waals surface area contributed by atoms with Crippen LogP contribution in [-0.2, 0) is 11.3 Å². The van der Waals surface area contributed by atoms with Crippen LogP contribution in [-0.4, -0.2) is 57.8 Å². The van der Waals surface area contributed by atoms with Crippen LogP contribution in [0.15, 0.2) is 23.0 Å². The summed E-state index contributed by atoms with van der Waals surface area (Å²) in [7, 11) is 1.58. The van der Waals surface area contributed by atoms with Crippen molar-refractivity contribution >= 4 is 12.0 Å². The van der Waals surface area contributed by atoms with Crippen LogP contribution >= 0.6 is 0 Å². The summed E-state index contributed by atoms with van der Waals surface area (Å²) in [6.07, 6.45) is 2.32. The Kier molecular flexibility index (Phi) is 3.75. The van der Waals surface area contributed by atoms with E-state index in [0.717, 1.165) is 5.56 Å². The molecule has 2 N–H and O–H groups in total. The first-order valence-electron chi connectivity index (χ1n) is 5.92. The summed E-state index contributed by atoms with van der Waals surface area (Å²) in [6, 6.07) is 0.358. The lowest BCUT2D eigenvalue weighted by Crippen LogP contribution is -2.46. The molecule has 1 aromatic rings. The molecular formula is C12H16N2O5. The van der Waals surface area contributed by atoms with Gasteiger partial charge in [-0.15, -0.1) is 0 Å². The molecular weight excluding hydrogens is 252 g/mol. The maximum atomic E-state index is 12.2. The van der Waals surface area contributed by atoms with Gasteiger partial charge in [-0.2, -0.15) is 0 Å². The summed E-state index contributed by atoms with van der Waals surface area (Å²) in [5.41, 5.74) is 0.822. The van der Waals surface area contributed by atoms with Gasteiger partial charge < -0.3 is 24.4 Å². The highest BCUT2D eigenvalue weighted by Gasteiger charge is 2.40. The number of urea groups is 1. The Bertz CT molecular complexity index is 459. The number of carboxylic acids is 1. The van der Waals surface area contributed by atoms with E-state index in [0.29, 0.717) is 6.54 Å². The van der Waals surface area contributed by atoms with E-state index in [-0.39, 0.29) is 13.0 Å². The Balaban J connectivity index is 2.03. The van der Waals surface area contributed by atoms with Crippen LogP contribution < -0.4 is 0 Å². The number of β-amino-alcohol motifs (C(OH)–C–C–N with tert-alkyl or cyclic N) is 1. The number of aliphatic carboxylic acids is 1. The minimum absolute atomic E-state index is 0.0471. The molecule has 0 bridgehead atoms. The zero-order chi connectivity index (χ0) is 14.0. The fourth-order valence-corrected chi connectivity index (χ4v) is 2.20. The van der Waals surface area contributed by atoms with E-state index >= 15 is 0 Å².